The third-order valence-corrected chi connectivity index (χ3v) is 5.83. The number of anilines is 1. The number of aromatic nitrogens is 2. The van der Waals surface area contributed by atoms with E-state index in [2.05, 4.69) is 78.0 Å². The molecule has 0 spiro atoms. The van der Waals surface area contributed by atoms with Crippen molar-refractivity contribution in [3.63, 3.8) is 0 Å². The van der Waals surface area contributed by atoms with Crippen LogP contribution in [-0.2, 0) is 9.53 Å². The molecule has 7 heteroatoms. The van der Waals surface area contributed by atoms with E-state index < -0.39 is 11.9 Å². The van der Waals surface area contributed by atoms with Crippen LogP contribution in [0.25, 0.3) is 0 Å². The van der Waals surface area contributed by atoms with Crippen LogP contribution < -0.4 is 11.0 Å². The number of nitrogens with one attached hydrogen (secondary N) is 1. The number of aliphatic hydroxyl groups is 1. The highest BCUT2D eigenvalue weighted by molar-refractivity contribution is 5.89. The fourth-order valence-electron chi connectivity index (χ4n) is 3.79. The summed E-state index contributed by atoms with van der Waals surface area (Å²) in [7, 11) is 0. The average molecular weight is 522 g/mol. The molecule has 0 radical (unpaired) electrons. The van der Waals surface area contributed by atoms with E-state index in [1.54, 1.807) is 12.3 Å². The molecular weight excluding hydrogens is 478 g/mol. The van der Waals surface area contributed by atoms with Crippen LogP contribution in [0.3, 0.4) is 0 Å². The summed E-state index contributed by atoms with van der Waals surface area (Å²) in [4.78, 5) is 28.4. The molecule has 2 N–H and O–H groups in total. The third-order valence-electron chi connectivity index (χ3n) is 5.83. The van der Waals surface area contributed by atoms with E-state index in [0.29, 0.717) is 25.7 Å². The van der Waals surface area contributed by atoms with E-state index in [1.165, 1.54) is 4.57 Å². The first-order chi connectivity index (χ1) is 18.6. The largest absolute Gasteiger partial charge is 0.394 e. The lowest BCUT2D eigenvalue weighted by atomic mass is 10.2. The average Bonchev–Trinajstić information content (AvgIpc) is 3.39. The van der Waals surface area contributed by atoms with Gasteiger partial charge in [0.25, 0.3) is 0 Å². The first kappa shape index (κ1) is 30.9. The van der Waals surface area contributed by atoms with Gasteiger partial charge in [-0.15, -0.1) is 0 Å². The summed E-state index contributed by atoms with van der Waals surface area (Å²) in [5, 5.41) is 11.8. The molecule has 1 aliphatic heterocycles. The van der Waals surface area contributed by atoms with Crippen molar-refractivity contribution < 1.29 is 14.6 Å². The molecule has 0 saturated carbocycles. The van der Waals surface area contributed by atoms with Crippen LogP contribution in [0.4, 0.5) is 5.82 Å². The third kappa shape index (κ3) is 13.3. The fraction of sp³-hybridized carbons (Fsp3) is 0.452. The van der Waals surface area contributed by atoms with E-state index in [-0.39, 0.29) is 24.4 Å². The molecule has 206 valence electrons. The first-order valence-corrected chi connectivity index (χ1v) is 13.7. The molecule has 7 nitrogen and oxygen atoms in total. The molecular formula is C31H43N3O4. The smallest absolute Gasteiger partial charge is 0.351 e. The molecule has 1 fully saturated rings. The Labute approximate surface area is 227 Å². The molecule has 1 aromatic rings. The second kappa shape index (κ2) is 19.8. The maximum Gasteiger partial charge on any atom is 0.351 e. The van der Waals surface area contributed by atoms with Gasteiger partial charge in [0, 0.05) is 12.6 Å². The minimum Gasteiger partial charge on any atom is -0.394 e. The van der Waals surface area contributed by atoms with Crippen LogP contribution in [0.2, 0.25) is 0 Å². The summed E-state index contributed by atoms with van der Waals surface area (Å²) >= 11 is 0. The topological polar surface area (TPSA) is 93.5 Å². The van der Waals surface area contributed by atoms with Gasteiger partial charge in [0.15, 0.2) is 0 Å². The number of nitrogens with zero attached hydrogens (tertiary/aromatic N) is 2. The van der Waals surface area contributed by atoms with Crippen LogP contribution in [0.1, 0.15) is 77.4 Å². The molecule has 1 saturated heterocycles. The highest BCUT2D eigenvalue weighted by Gasteiger charge is 2.26. The van der Waals surface area contributed by atoms with Gasteiger partial charge >= 0.3 is 5.69 Å². The van der Waals surface area contributed by atoms with Crippen LogP contribution in [-0.4, -0.2) is 33.3 Å². The lowest BCUT2D eigenvalue weighted by molar-refractivity contribution is -0.116. The Kier molecular flexibility index (Phi) is 16.1. The number of carbonyl (C=O) groups is 1. The van der Waals surface area contributed by atoms with Crippen molar-refractivity contribution >= 4 is 11.7 Å². The van der Waals surface area contributed by atoms with Crippen molar-refractivity contribution in [3.05, 3.63) is 95.7 Å². The number of amides is 1. The maximum atomic E-state index is 12.3. The Balaban J connectivity index is 1.53. The Morgan fingerprint density at radius 3 is 2.00 bits per heavy atom. The Hall–Kier alpha value is -3.29. The molecule has 1 amide bonds. The van der Waals surface area contributed by atoms with E-state index in [9.17, 15) is 14.7 Å². The molecule has 2 unspecified atom stereocenters. The molecule has 38 heavy (non-hydrogen) atoms. The Morgan fingerprint density at radius 2 is 1.50 bits per heavy atom. The van der Waals surface area contributed by atoms with Crippen molar-refractivity contribution in [3.8, 4) is 0 Å². The van der Waals surface area contributed by atoms with Crippen LogP contribution in [0, 0.1) is 0 Å². The Bertz CT molecular complexity index is 1050. The summed E-state index contributed by atoms with van der Waals surface area (Å²) in [6, 6.07) is 1.59. The van der Waals surface area contributed by atoms with Crippen LogP contribution >= 0.6 is 0 Å². The summed E-state index contributed by atoms with van der Waals surface area (Å²) < 4.78 is 7.00. The zero-order chi connectivity index (χ0) is 27.3. The number of aliphatic hydroxyl groups excluding tert-OH is 1. The SMILES string of the molecule is CCC=CCC=CCC=CCC=CCC=CCC=CCCC(=O)Nc1ccn(C2CCC(CO)O2)c(=O)n1. The van der Waals surface area contributed by atoms with Gasteiger partial charge in [0.05, 0.1) is 12.7 Å². The molecule has 2 rings (SSSR count). The van der Waals surface area contributed by atoms with E-state index in [1.807, 2.05) is 12.2 Å². The van der Waals surface area contributed by atoms with E-state index >= 15 is 0 Å². The molecule has 0 aromatic carbocycles. The predicted octanol–water partition coefficient (Wildman–Crippen LogP) is 6.33. The number of ether oxygens (including phenoxy) is 1. The van der Waals surface area contributed by atoms with Gasteiger partial charge in [-0.1, -0.05) is 79.8 Å². The number of allylic oxidation sites excluding steroid dienone is 12. The number of hydrogen-bond acceptors (Lipinski definition) is 5. The second-order valence-corrected chi connectivity index (χ2v) is 8.98. The monoisotopic (exact) mass is 521 g/mol. The van der Waals surface area contributed by atoms with Crippen LogP contribution in [0.15, 0.2) is 90.0 Å². The summed E-state index contributed by atoms with van der Waals surface area (Å²) in [6.45, 7) is 2.08. The van der Waals surface area contributed by atoms with Crippen molar-refractivity contribution in [2.24, 2.45) is 0 Å². The van der Waals surface area contributed by atoms with Crippen LogP contribution in [0.5, 0.6) is 0 Å². The van der Waals surface area contributed by atoms with Gasteiger partial charge in [0.2, 0.25) is 5.91 Å². The molecule has 2 heterocycles. The molecule has 1 aromatic heterocycles. The number of rotatable bonds is 17. The predicted molar refractivity (Wildman–Crippen MR) is 155 cm³/mol. The molecule has 2 atom stereocenters. The van der Waals surface area contributed by atoms with E-state index in [0.717, 1.165) is 38.5 Å². The van der Waals surface area contributed by atoms with Crippen molar-refractivity contribution in [1.82, 2.24) is 9.55 Å². The molecule has 0 bridgehead atoms. The van der Waals surface area contributed by atoms with Crippen molar-refractivity contribution in [2.45, 2.75) is 83.5 Å². The Morgan fingerprint density at radius 1 is 0.947 bits per heavy atom. The van der Waals surface area contributed by atoms with Gasteiger partial charge in [0.1, 0.15) is 12.0 Å². The normalized spacial score (nSPS) is 18.5. The quantitative estimate of drug-likeness (QED) is 0.234. The molecule has 1 aliphatic rings. The fourth-order valence-corrected chi connectivity index (χ4v) is 3.79. The molecule has 0 aliphatic carbocycles. The highest BCUT2D eigenvalue weighted by atomic mass is 16.5. The van der Waals surface area contributed by atoms with E-state index in [4.69, 9.17) is 4.74 Å². The number of carbonyl (C=O) groups excluding carboxylic acids is 1. The van der Waals surface area contributed by atoms with Crippen molar-refractivity contribution in [2.75, 3.05) is 11.9 Å². The minimum absolute atomic E-state index is 0.0659. The van der Waals surface area contributed by atoms with Gasteiger partial charge in [-0.25, -0.2) is 4.79 Å². The zero-order valence-electron chi connectivity index (χ0n) is 22.6. The van der Waals surface area contributed by atoms with Gasteiger partial charge in [-0.2, -0.15) is 4.98 Å². The lowest BCUT2D eigenvalue weighted by Crippen LogP contribution is -2.28. The lowest BCUT2D eigenvalue weighted by Gasteiger charge is -2.14. The highest BCUT2D eigenvalue weighted by Crippen LogP contribution is 2.26. The minimum atomic E-state index is -0.483. The van der Waals surface area contributed by atoms with Gasteiger partial charge < -0.3 is 15.2 Å². The van der Waals surface area contributed by atoms with Crippen molar-refractivity contribution in [1.29, 1.82) is 0 Å². The maximum absolute atomic E-state index is 12.3. The zero-order valence-corrected chi connectivity index (χ0v) is 22.6. The summed E-state index contributed by atoms with van der Waals surface area (Å²) in [5.41, 5.74) is -0.483. The number of hydrogen-bond donors (Lipinski definition) is 2. The second-order valence-electron chi connectivity index (χ2n) is 8.98. The first-order valence-electron chi connectivity index (χ1n) is 13.7. The van der Waals surface area contributed by atoms with Gasteiger partial charge in [-0.05, 0) is 63.9 Å². The summed E-state index contributed by atoms with van der Waals surface area (Å²) in [5.74, 6) is 0.0438. The summed E-state index contributed by atoms with van der Waals surface area (Å²) in [6.07, 6.45) is 34.7. The van der Waals surface area contributed by atoms with Gasteiger partial charge in [-0.3, -0.25) is 9.36 Å². The standard InChI is InChI=1S/C31H43N3O4/c1-2-3-4-5-6-7-8-9-10-11-12-13-14-15-16-17-18-19-20-21-29(36)32-28-24-25-34(31(37)33-28)30-23-22-27(26-35)38-30/h3-4,6-7,9-10,12-13,15-16,18-19,24-25,27,30,35H,2,5,8,11,14,17,20-23,26H2,1H3,(H,32,33,36,37).